The monoisotopic (exact) mass is 354 g/mol. The highest BCUT2D eigenvalue weighted by atomic mass is 16.7. The first-order chi connectivity index (χ1) is 12.7. The Morgan fingerprint density at radius 1 is 1.04 bits per heavy atom. The van der Waals surface area contributed by atoms with Gasteiger partial charge in [-0.15, -0.1) is 5.06 Å². The molecule has 1 unspecified atom stereocenters. The summed E-state index contributed by atoms with van der Waals surface area (Å²) in [4.78, 5) is 31.0. The highest BCUT2D eigenvalue weighted by molar-refractivity contribution is 5.97. The van der Waals surface area contributed by atoms with Gasteiger partial charge in [0.25, 0.3) is 0 Å². The van der Waals surface area contributed by atoms with Crippen LogP contribution in [0, 0.1) is 5.92 Å². The number of hydrogen-bond donors (Lipinski definition) is 0. The molecule has 3 aliphatic rings. The first-order valence-electron chi connectivity index (χ1n) is 9.72. The molecular formula is C21H26N2O3. The van der Waals surface area contributed by atoms with E-state index in [1.165, 1.54) is 30.4 Å². The Bertz CT molecular complexity index is 696. The van der Waals surface area contributed by atoms with Crippen molar-refractivity contribution in [1.29, 1.82) is 0 Å². The standard InChI is InChI=1S/C21H26N2O3/c24-19-14-22(15-19)21(25)18-6-4-16(5-7-18)17-8-10-20(11-9-17)26-23-12-2-1-3-13-23/h4,8-11,18H,1-3,5-7,12-15H2. The van der Waals surface area contributed by atoms with Gasteiger partial charge in [-0.05, 0) is 55.4 Å². The van der Waals surface area contributed by atoms with Crippen molar-refractivity contribution in [1.82, 2.24) is 9.96 Å². The van der Waals surface area contributed by atoms with Crippen LogP contribution < -0.4 is 4.84 Å². The van der Waals surface area contributed by atoms with E-state index in [2.05, 4.69) is 23.3 Å². The molecule has 4 rings (SSSR count). The topological polar surface area (TPSA) is 49.9 Å². The molecule has 5 heteroatoms. The van der Waals surface area contributed by atoms with Crippen LogP contribution in [0.4, 0.5) is 0 Å². The van der Waals surface area contributed by atoms with E-state index in [1.54, 1.807) is 4.90 Å². The molecule has 0 aromatic heterocycles. The highest BCUT2D eigenvalue weighted by Crippen LogP contribution is 2.32. The van der Waals surface area contributed by atoms with Gasteiger partial charge in [0.1, 0.15) is 5.75 Å². The molecule has 0 spiro atoms. The van der Waals surface area contributed by atoms with E-state index in [9.17, 15) is 9.59 Å². The molecule has 138 valence electrons. The van der Waals surface area contributed by atoms with Crippen molar-refractivity contribution in [3.63, 3.8) is 0 Å². The Balaban J connectivity index is 1.33. The number of likely N-dealkylation sites (tertiary alicyclic amines) is 1. The Labute approximate surface area is 154 Å². The molecule has 2 fully saturated rings. The molecule has 0 bridgehead atoms. The van der Waals surface area contributed by atoms with Crippen LogP contribution in [-0.4, -0.2) is 47.8 Å². The number of nitrogens with zero attached hydrogens (tertiary/aromatic N) is 2. The second kappa shape index (κ2) is 7.62. The molecule has 1 aliphatic carbocycles. The lowest BCUT2D eigenvalue weighted by Crippen LogP contribution is -2.52. The van der Waals surface area contributed by atoms with Gasteiger partial charge in [0.05, 0.1) is 13.1 Å². The maximum absolute atomic E-state index is 12.3. The average Bonchev–Trinajstić information content (AvgIpc) is 2.67. The molecule has 2 heterocycles. The van der Waals surface area contributed by atoms with Crippen molar-refractivity contribution in [3.8, 4) is 5.75 Å². The SMILES string of the molecule is O=C1CN(C(=O)C2CC=C(c3ccc(ON4CCCCC4)cc3)CC2)C1. The number of piperidine rings is 1. The van der Waals surface area contributed by atoms with E-state index >= 15 is 0 Å². The fourth-order valence-electron chi connectivity index (χ4n) is 3.95. The second-order valence-corrected chi connectivity index (χ2v) is 7.54. The minimum absolute atomic E-state index is 0.0357. The number of amides is 1. The Hall–Kier alpha value is -2.14. The summed E-state index contributed by atoms with van der Waals surface area (Å²) in [6, 6.07) is 8.30. The van der Waals surface area contributed by atoms with E-state index < -0.39 is 0 Å². The first-order valence-corrected chi connectivity index (χ1v) is 9.72. The molecule has 0 saturated carbocycles. The van der Waals surface area contributed by atoms with Gasteiger partial charge in [0, 0.05) is 19.0 Å². The van der Waals surface area contributed by atoms with Crippen LogP contribution in [0.3, 0.4) is 0 Å². The number of hydrogen-bond acceptors (Lipinski definition) is 4. The van der Waals surface area contributed by atoms with Gasteiger partial charge in [0.2, 0.25) is 5.91 Å². The number of hydroxylamine groups is 2. The van der Waals surface area contributed by atoms with E-state index in [0.29, 0.717) is 13.1 Å². The summed E-state index contributed by atoms with van der Waals surface area (Å²) >= 11 is 0. The molecule has 1 atom stereocenters. The van der Waals surface area contributed by atoms with Crippen LogP contribution in [-0.2, 0) is 9.59 Å². The maximum Gasteiger partial charge on any atom is 0.226 e. The van der Waals surface area contributed by atoms with Gasteiger partial charge in [-0.25, -0.2) is 0 Å². The molecular weight excluding hydrogens is 328 g/mol. The fraction of sp³-hybridized carbons (Fsp3) is 0.524. The third-order valence-corrected chi connectivity index (χ3v) is 5.58. The van der Waals surface area contributed by atoms with Gasteiger partial charge in [-0.3, -0.25) is 9.59 Å². The number of benzene rings is 1. The van der Waals surface area contributed by atoms with Crippen LogP contribution in [0.5, 0.6) is 5.75 Å². The summed E-state index contributed by atoms with van der Waals surface area (Å²) in [7, 11) is 0. The van der Waals surface area contributed by atoms with Crippen molar-refractivity contribution in [2.24, 2.45) is 5.92 Å². The molecule has 1 amide bonds. The highest BCUT2D eigenvalue weighted by Gasteiger charge is 2.33. The average molecular weight is 354 g/mol. The number of Topliss-reactive ketones (excluding diaryl/α,β-unsaturated/α-hetero) is 1. The molecule has 2 aliphatic heterocycles. The van der Waals surface area contributed by atoms with Crippen LogP contribution >= 0.6 is 0 Å². The number of rotatable bonds is 4. The molecule has 5 nitrogen and oxygen atoms in total. The number of allylic oxidation sites excluding steroid dienone is 2. The van der Waals surface area contributed by atoms with Gasteiger partial charge < -0.3 is 9.74 Å². The van der Waals surface area contributed by atoms with E-state index in [1.807, 2.05) is 12.1 Å². The van der Waals surface area contributed by atoms with Gasteiger partial charge in [0.15, 0.2) is 5.78 Å². The third kappa shape index (κ3) is 3.83. The molecule has 26 heavy (non-hydrogen) atoms. The lowest BCUT2D eigenvalue weighted by molar-refractivity contribution is -0.148. The minimum Gasteiger partial charge on any atom is -0.406 e. The summed E-state index contributed by atoms with van der Waals surface area (Å²) in [5.74, 6) is 1.23. The number of carbonyl (C=O) groups is 2. The van der Waals surface area contributed by atoms with Gasteiger partial charge >= 0.3 is 0 Å². The van der Waals surface area contributed by atoms with Crippen LogP contribution in [0.1, 0.15) is 44.1 Å². The zero-order chi connectivity index (χ0) is 17.9. The summed E-state index contributed by atoms with van der Waals surface area (Å²) in [5, 5.41) is 2.05. The molecule has 0 radical (unpaired) electrons. The zero-order valence-corrected chi connectivity index (χ0v) is 15.2. The fourth-order valence-corrected chi connectivity index (χ4v) is 3.95. The normalized spacial score (nSPS) is 24.0. The summed E-state index contributed by atoms with van der Waals surface area (Å²) in [6.45, 7) is 2.63. The van der Waals surface area contributed by atoms with Crippen molar-refractivity contribution in [2.75, 3.05) is 26.2 Å². The predicted octanol–water partition coefficient (Wildman–Crippen LogP) is 3.06. The minimum atomic E-state index is 0.0357. The smallest absolute Gasteiger partial charge is 0.226 e. The Kier molecular flexibility index (Phi) is 5.07. The van der Waals surface area contributed by atoms with Crippen LogP contribution in [0.15, 0.2) is 30.3 Å². The second-order valence-electron chi connectivity index (χ2n) is 7.54. The van der Waals surface area contributed by atoms with Crippen molar-refractivity contribution < 1.29 is 14.4 Å². The third-order valence-electron chi connectivity index (χ3n) is 5.58. The van der Waals surface area contributed by atoms with E-state index in [4.69, 9.17) is 4.84 Å². The van der Waals surface area contributed by atoms with Crippen molar-refractivity contribution >= 4 is 17.3 Å². The summed E-state index contributed by atoms with van der Waals surface area (Å²) < 4.78 is 0. The molecule has 2 saturated heterocycles. The lowest BCUT2D eigenvalue weighted by Gasteiger charge is -2.33. The first kappa shape index (κ1) is 17.3. The predicted molar refractivity (Wildman–Crippen MR) is 99.4 cm³/mol. The maximum atomic E-state index is 12.3. The van der Waals surface area contributed by atoms with E-state index in [0.717, 1.165) is 38.1 Å². The van der Waals surface area contributed by atoms with Gasteiger partial charge in [-0.1, -0.05) is 24.6 Å². The Morgan fingerprint density at radius 2 is 1.77 bits per heavy atom. The van der Waals surface area contributed by atoms with Gasteiger partial charge in [-0.2, -0.15) is 0 Å². The molecule has 1 aromatic carbocycles. The van der Waals surface area contributed by atoms with Crippen molar-refractivity contribution in [2.45, 2.75) is 38.5 Å². The Morgan fingerprint density at radius 3 is 2.38 bits per heavy atom. The van der Waals surface area contributed by atoms with Crippen molar-refractivity contribution in [3.05, 3.63) is 35.9 Å². The van der Waals surface area contributed by atoms with Crippen LogP contribution in [0.25, 0.3) is 5.57 Å². The van der Waals surface area contributed by atoms with Crippen LogP contribution in [0.2, 0.25) is 0 Å². The number of ketones is 1. The van der Waals surface area contributed by atoms with E-state index in [-0.39, 0.29) is 17.6 Å². The lowest BCUT2D eigenvalue weighted by atomic mass is 9.85. The molecule has 1 aromatic rings. The summed E-state index contributed by atoms with van der Waals surface area (Å²) in [5.41, 5.74) is 2.51. The zero-order valence-electron chi connectivity index (χ0n) is 15.2. The summed E-state index contributed by atoms with van der Waals surface area (Å²) in [6.07, 6.45) is 8.43. The molecule has 0 N–H and O–H groups in total. The number of carbonyl (C=O) groups excluding carboxylic acids is 2. The largest absolute Gasteiger partial charge is 0.406 e. The quantitative estimate of drug-likeness (QED) is 0.834.